The van der Waals surface area contributed by atoms with E-state index in [-0.39, 0.29) is 23.7 Å². The molecule has 1 N–H and O–H groups in total. The van der Waals surface area contributed by atoms with Crippen LogP contribution in [0.5, 0.6) is 0 Å². The Bertz CT molecular complexity index is 632. The zero-order chi connectivity index (χ0) is 15.5. The van der Waals surface area contributed by atoms with Gasteiger partial charge in [-0.15, -0.1) is 0 Å². The molecule has 0 radical (unpaired) electrons. The van der Waals surface area contributed by atoms with Crippen LogP contribution < -0.4 is 5.32 Å². The van der Waals surface area contributed by atoms with Crippen LogP contribution in [0.2, 0.25) is 0 Å². The number of aromatic nitrogens is 4. The fraction of sp³-hybridized carbons (Fsp3) is 0.533. The predicted octanol–water partition coefficient (Wildman–Crippen LogP) is 2.08. The van der Waals surface area contributed by atoms with Crippen LogP contribution in [0.1, 0.15) is 43.8 Å². The summed E-state index contributed by atoms with van der Waals surface area (Å²) >= 11 is 0. The zero-order valence-electron chi connectivity index (χ0n) is 12.7. The molecule has 7 nitrogen and oxygen atoms in total. The van der Waals surface area contributed by atoms with E-state index in [4.69, 9.17) is 4.52 Å². The Labute approximate surface area is 128 Å². The van der Waals surface area contributed by atoms with E-state index in [1.807, 2.05) is 0 Å². The number of carbonyl (C=O) groups is 1. The average Bonchev–Trinajstić information content (AvgIpc) is 2.97. The van der Waals surface area contributed by atoms with Crippen LogP contribution in [0, 0.1) is 11.8 Å². The number of hydrogen-bond donors (Lipinski definition) is 1. The summed E-state index contributed by atoms with van der Waals surface area (Å²) in [5, 5.41) is 6.77. The third-order valence-corrected chi connectivity index (χ3v) is 3.93. The first-order valence-corrected chi connectivity index (χ1v) is 7.52. The van der Waals surface area contributed by atoms with Crippen LogP contribution in [0.3, 0.4) is 0 Å². The fourth-order valence-electron chi connectivity index (χ4n) is 3.15. The minimum absolute atomic E-state index is 0.0356. The topological polar surface area (TPSA) is 93.8 Å². The van der Waals surface area contributed by atoms with Crippen LogP contribution in [-0.2, 0) is 0 Å². The van der Waals surface area contributed by atoms with Crippen molar-refractivity contribution in [2.24, 2.45) is 11.8 Å². The zero-order valence-corrected chi connectivity index (χ0v) is 12.7. The normalized spacial score (nSPS) is 24.9. The lowest BCUT2D eigenvalue weighted by Crippen LogP contribution is -2.40. The van der Waals surface area contributed by atoms with Crippen molar-refractivity contribution < 1.29 is 9.32 Å². The van der Waals surface area contributed by atoms with Crippen LogP contribution in [0.4, 0.5) is 0 Å². The van der Waals surface area contributed by atoms with Gasteiger partial charge in [-0.05, 0) is 31.1 Å². The molecule has 0 aliphatic heterocycles. The molecule has 1 aliphatic carbocycles. The highest BCUT2D eigenvalue weighted by Gasteiger charge is 2.27. The van der Waals surface area contributed by atoms with Gasteiger partial charge in [0.1, 0.15) is 5.69 Å². The summed E-state index contributed by atoms with van der Waals surface area (Å²) in [5.74, 6) is 1.14. The molecule has 3 rings (SSSR count). The highest BCUT2D eigenvalue weighted by atomic mass is 16.5. The summed E-state index contributed by atoms with van der Waals surface area (Å²) in [6, 6.07) is 0.165. The number of carbonyl (C=O) groups excluding carboxylic acids is 1. The van der Waals surface area contributed by atoms with Gasteiger partial charge in [-0.25, -0.2) is 4.98 Å². The Morgan fingerprint density at radius 2 is 2.00 bits per heavy atom. The maximum absolute atomic E-state index is 12.2. The summed E-state index contributed by atoms with van der Waals surface area (Å²) in [5.41, 5.74) is 0.477. The van der Waals surface area contributed by atoms with E-state index in [0.717, 1.165) is 12.8 Å². The van der Waals surface area contributed by atoms with E-state index in [9.17, 15) is 4.79 Å². The predicted molar refractivity (Wildman–Crippen MR) is 78.8 cm³/mol. The molecule has 1 aliphatic rings. The molecule has 0 saturated heterocycles. The van der Waals surface area contributed by atoms with Crippen LogP contribution in [0.25, 0.3) is 11.5 Å². The van der Waals surface area contributed by atoms with Crippen molar-refractivity contribution >= 4 is 5.91 Å². The summed E-state index contributed by atoms with van der Waals surface area (Å²) in [6.45, 7) is 4.43. The van der Waals surface area contributed by atoms with Crippen molar-refractivity contribution in [3.8, 4) is 11.5 Å². The molecule has 22 heavy (non-hydrogen) atoms. The Morgan fingerprint density at radius 1 is 1.23 bits per heavy atom. The number of rotatable bonds is 3. The summed E-state index contributed by atoms with van der Waals surface area (Å²) in [4.78, 5) is 24.3. The van der Waals surface area contributed by atoms with Crippen molar-refractivity contribution in [3.05, 3.63) is 24.5 Å². The van der Waals surface area contributed by atoms with Crippen LogP contribution in [0.15, 0.2) is 23.1 Å². The van der Waals surface area contributed by atoms with E-state index in [1.165, 1.54) is 18.8 Å². The second-order valence-corrected chi connectivity index (χ2v) is 6.10. The molecule has 7 heteroatoms. The van der Waals surface area contributed by atoms with E-state index < -0.39 is 0 Å². The van der Waals surface area contributed by atoms with Gasteiger partial charge >= 0.3 is 11.8 Å². The third-order valence-electron chi connectivity index (χ3n) is 3.93. The van der Waals surface area contributed by atoms with Gasteiger partial charge in [0.15, 0.2) is 0 Å². The largest absolute Gasteiger partial charge is 0.345 e. The van der Waals surface area contributed by atoms with Gasteiger partial charge in [0, 0.05) is 18.4 Å². The number of amides is 1. The molecular formula is C15H19N5O2. The first kappa shape index (κ1) is 14.6. The second kappa shape index (κ2) is 6.21. The SMILES string of the molecule is CC1CC(C)CC(NC(=O)c2nc(-c3cnccn3)no2)C1. The highest BCUT2D eigenvalue weighted by Crippen LogP contribution is 2.28. The average molecular weight is 301 g/mol. The molecule has 1 fully saturated rings. The van der Waals surface area contributed by atoms with Gasteiger partial charge in [-0.2, -0.15) is 4.98 Å². The molecule has 2 aromatic rings. The monoisotopic (exact) mass is 301 g/mol. The molecule has 1 amide bonds. The van der Waals surface area contributed by atoms with Gasteiger partial charge in [0.05, 0.1) is 6.20 Å². The first-order valence-electron chi connectivity index (χ1n) is 7.52. The fourth-order valence-corrected chi connectivity index (χ4v) is 3.15. The third kappa shape index (κ3) is 3.29. The Hall–Kier alpha value is -2.31. The molecule has 116 valence electrons. The quantitative estimate of drug-likeness (QED) is 0.932. The van der Waals surface area contributed by atoms with Crippen molar-refractivity contribution in [1.82, 2.24) is 25.4 Å². The summed E-state index contributed by atoms with van der Waals surface area (Å²) in [6.07, 6.45) is 7.81. The molecule has 0 aromatic carbocycles. The van der Waals surface area contributed by atoms with Crippen molar-refractivity contribution in [2.75, 3.05) is 0 Å². The van der Waals surface area contributed by atoms with Crippen LogP contribution in [-0.4, -0.2) is 32.1 Å². The van der Waals surface area contributed by atoms with Crippen molar-refractivity contribution in [3.63, 3.8) is 0 Å². The molecule has 0 spiro atoms. The second-order valence-electron chi connectivity index (χ2n) is 6.10. The molecule has 1 saturated carbocycles. The van der Waals surface area contributed by atoms with E-state index in [2.05, 4.69) is 39.3 Å². The molecular weight excluding hydrogens is 282 g/mol. The maximum atomic E-state index is 12.2. The number of nitrogens with one attached hydrogen (secondary N) is 1. The van der Waals surface area contributed by atoms with E-state index in [0.29, 0.717) is 17.5 Å². The van der Waals surface area contributed by atoms with E-state index >= 15 is 0 Å². The molecule has 0 bridgehead atoms. The summed E-state index contributed by atoms with van der Waals surface area (Å²) < 4.78 is 5.04. The lowest BCUT2D eigenvalue weighted by Gasteiger charge is -2.31. The smallest absolute Gasteiger partial charge is 0.316 e. The molecule has 2 unspecified atom stereocenters. The minimum atomic E-state index is -0.325. The van der Waals surface area contributed by atoms with Gasteiger partial charge < -0.3 is 9.84 Å². The molecule has 2 aromatic heterocycles. The van der Waals surface area contributed by atoms with Crippen LogP contribution >= 0.6 is 0 Å². The van der Waals surface area contributed by atoms with Crippen molar-refractivity contribution in [1.29, 1.82) is 0 Å². The number of hydrogen-bond acceptors (Lipinski definition) is 6. The first-order chi connectivity index (χ1) is 10.6. The van der Waals surface area contributed by atoms with Gasteiger partial charge in [-0.3, -0.25) is 9.78 Å². The van der Waals surface area contributed by atoms with Crippen molar-refractivity contribution in [2.45, 2.75) is 39.2 Å². The Morgan fingerprint density at radius 3 is 2.68 bits per heavy atom. The Kier molecular flexibility index (Phi) is 4.13. The number of nitrogens with zero attached hydrogens (tertiary/aromatic N) is 4. The van der Waals surface area contributed by atoms with E-state index in [1.54, 1.807) is 6.20 Å². The van der Waals surface area contributed by atoms with Gasteiger partial charge in [-0.1, -0.05) is 19.0 Å². The Balaban J connectivity index is 1.67. The molecule has 2 heterocycles. The van der Waals surface area contributed by atoms with Gasteiger partial charge in [0.2, 0.25) is 5.82 Å². The lowest BCUT2D eigenvalue weighted by atomic mass is 9.80. The maximum Gasteiger partial charge on any atom is 0.316 e. The summed E-state index contributed by atoms with van der Waals surface area (Å²) in [7, 11) is 0. The van der Waals surface area contributed by atoms with Gasteiger partial charge in [0.25, 0.3) is 0 Å². The standard InChI is InChI=1S/C15H19N5O2/c1-9-5-10(2)7-11(6-9)18-14(21)15-19-13(20-22-15)12-8-16-3-4-17-12/h3-4,8-11H,5-7H2,1-2H3,(H,18,21). The molecule has 2 atom stereocenters. The highest BCUT2D eigenvalue weighted by molar-refractivity contribution is 5.90. The minimum Gasteiger partial charge on any atom is -0.345 e. The lowest BCUT2D eigenvalue weighted by molar-refractivity contribution is 0.0866.